The van der Waals surface area contributed by atoms with E-state index in [0.717, 1.165) is 16.5 Å². The van der Waals surface area contributed by atoms with E-state index in [1.807, 2.05) is 30.5 Å². The van der Waals surface area contributed by atoms with Crippen LogP contribution in [0.4, 0.5) is 0 Å². The van der Waals surface area contributed by atoms with E-state index in [-0.39, 0.29) is 5.56 Å². The second kappa shape index (κ2) is 4.03. The molecule has 0 atom stereocenters. The predicted octanol–water partition coefficient (Wildman–Crippen LogP) is 1.14. The zero-order valence-corrected chi connectivity index (χ0v) is 9.49. The lowest BCUT2D eigenvalue weighted by Crippen LogP contribution is -2.24. The Kier molecular flexibility index (Phi) is 2.37. The molecule has 2 aromatic heterocycles. The topological polar surface area (TPSA) is 81.5 Å². The Balaban J connectivity index is 2.07. The largest absolute Gasteiger partial charge is 0.361 e. The summed E-state index contributed by atoms with van der Waals surface area (Å²) in [7, 11) is 0. The Hall–Kier alpha value is -2.56. The number of para-hydroxylation sites is 1. The first-order chi connectivity index (χ1) is 8.74. The highest BCUT2D eigenvalue weighted by Gasteiger charge is 2.06. The highest BCUT2D eigenvalue weighted by molar-refractivity contribution is 5.83. The molecule has 2 heterocycles. The van der Waals surface area contributed by atoms with E-state index in [2.05, 4.69) is 15.0 Å². The van der Waals surface area contributed by atoms with Crippen molar-refractivity contribution in [3.63, 3.8) is 0 Å². The van der Waals surface area contributed by atoms with Crippen LogP contribution < -0.4 is 11.2 Å². The SMILES string of the molecule is O=c1[nH]cc(Cc2c[nH]c3ccccc23)c(=O)[nH]1. The van der Waals surface area contributed by atoms with Gasteiger partial charge in [0.05, 0.1) is 0 Å². The molecule has 1 aromatic carbocycles. The van der Waals surface area contributed by atoms with Gasteiger partial charge in [-0.2, -0.15) is 0 Å². The first-order valence-electron chi connectivity index (χ1n) is 5.60. The molecule has 0 amide bonds. The van der Waals surface area contributed by atoms with E-state index in [1.165, 1.54) is 6.20 Å². The molecule has 3 N–H and O–H groups in total. The molecule has 0 saturated heterocycles. The van der Waals surface area contributed by atoms with Gasteiger partial charge in [-0.15, -0.1) is 0 Å². The van der Waals surface area contributed by atoms with Gasteiger partial charge in [0.2, 0.25) is 0 Å². The van der Waals surface area contributed by atoms with Crippen molar-refractivity contribution in [2.45, 2.75) is 6.42 Å². The monoisotopic (exact) mass is 241 g/mol. The molecule has 0 bridgehead atoms. The molecule has 18 heavy (non-hydrogen) atoms. The third kappa shape index (κ3) is 1.75. The highest BCUT2D eigenvalue weighted by atomic mass is 16.2. The van der Waals surface area contributed by atoms with Gasteiger partial charge in [0.15, 0.2) is 0 Å². The second-order valence-corrected chi connectivity index (χ2v) is 4.13. The first-order valence-corrected chi connectivity index (χ1v) is 5.60. The van der Waals surface area contributed by atoms with Gasteiger partial charge in [0, 0.05) is 35.3 Å². The number of nitrogens with one attached hydrogen (secondary N) is 3. The maximum absolute atomic E-state index is 11.6. The lowest BCUT2D eigenvalue weighted by Gasteiger charge is -1.98. The van der Waals surface area contributed by atoms with Gasteiger partial charge in [-0.1, -0.05) is 18.2 Å². The summed E-state index contributed by atoms with van der Waals surface area (Å²) in [4.78, 5) is 30.4. The summed E-state index contributed by atoms with van der Waals surface area (Å²) in [5, 5.41) is 1.09. The van der Waals surface area contributed by atoms with Gasteiger partial charge in [-0.3, -0.25) is 9.78 Å². The van der Waals surface area contributed by atoms with Gasteiger partial charge in [0.1, 0.15) is 0 Å². The standard InChI is InChI=1S/C13H11N3O2/c17-12-9(7-15-13(18)16-12)5-8-6-14-11-4-2-1-3-10(8)11/h1-4,6-7,14H,5H2,(H2,15,16,17,18). The molecular weight excluding hydrogens is 230 g/mol. The molecule has 90 valence electrons. The van der Waals surface area contributed by atoms with E-state index in [0.29, 0.717) is 12.0 Å². The fraction of sp³-hybridized carbons (Fsp3) is 0.0769. The van der Waals surface area contributed by atoms with Gasteiger partial charge in [-0.25, -0.2) is 4.79 Å². The Morgan fingerprint density at radius 3 is 2.56 bits per heavy atom. The molecule has 0 aliphatic heterocycles. The van der Waals surface area contributed by atoms with Crippen LogP contribution in [0.3, 0.4) is 0 Å². The minimum Gasteiger partial charge on any atom is -0.361 e. The number of fused-ring (bicyclic) bond motifs is 1. The highest BCUT2D eigenvalue weighted by Crippen LogP contribution is 2.19. The van der Waals surface area contributed by atoms with Crippen molar-refractivity contribution in [3.05, 3.63) is 68.6 Å². The van der Waals surface area contributed by atoms with E-state index >= 15 is 0 Å². The second-order valence-electron chi connectivity index (χ2n) is 4.13. The number of aromatic amines is 3. The van der Waals surface area contributed by atoms with E-state index < -0.39 is 5.69 Å². The number of hydrogen-bond donors (Lipinski definition) is 3. The Bertz CT molecular complexity index is 810. The van der Waals surface area contributed by atoms with Crippen molar-refractivity contribution in [3.8, 4) is 0 Å². The van der Waals surface area contributed by atoms with Gasteiger partial charge >= 0.3 is 5.69 Å². The van der Waals surface area contributed by atoms with Crippen molar-refractivity contribution in [1.82, 2.24) is 15.0 Å². The predicted molar refractivity (Wildman–Crippen MR) is 68.8 cm³/mol. The quantitative estimate of drug-likeness (QED) is 0.628. The number of H-pyrrole nitrogens is 3. The van der Waals surface area contributed by atoms with Crippen LogP contribution in [-0.2, 0) is 6.42 Å². The summed E-state index contributed by atoms with van der Waals surface area (Å²) in [6.45, 7) is 0. The Morgan fingerprint density at radius 1 is 0.944 bits per heavy atom. The zero-order valence-electron chi connectivity index (χ0n) is 9.49. The molecule has 3 rings (SSSR count). The summed E-state index contributed by atoms with van der Waals surface area (Å²) in [6.07, 6.45) is 3.83. The summed E-state index contributed by atoms with van der Waals surface area (Å²) >= 11 is 0. The number of aromatic nitrogens is 3. The van der Waals surface area contributed by atoms with Gasteiger partial charge < -0.3 is 9.97 Å². The van der Waals surface area contributed by atoms with E-state index in [4.69, 9.17) is 0 Å². The molecule has 0 fully saturated rings. The maximum Gasteiger partial charge on any atom is 0.325 e. The third-order valence-corrected chi connectivity index (χ3v) is 2.95. The summed E-state index contributed by atoms with van der Waals surface area (Å²) in [5.74, 6) is 0. The fourth-order valence-corrected chi connectivity index (χ4v) is 2.05. The van der Waals surface area contributed by atoms with Crippen LogP contribution in [0.15, 0.2) is 46.2 Å². The maximum atomic E-state index is 11.6. The molecule has 0 aliphatic carbocycles. The van der Waals surface area contributed by atoms with E-state index in [1.54, 1.807) is 0 Å². The smallest absolute Gasteiger partial charge is 0.325 e. The van der Waals surface area contributed by atoms with Crippen LogP contribution in [0.1, 0.15) is 11.1 Å². The van der Waals surface area contributed by atoms with Crippen molar-refractivity contribution in [2.24, 2.45) is 0 Å². The van der Waals surface area contributed by atoms with Crippen molar-refractivity contribution in [1.29, 1.82) is 0 Å². The van der Waals surface area contributed by atoms with Crippen molar-refractivity contribution >= 4 is 10.9 Å². The first kappa shape index (κ1) is 10.6. The summed E-state index contributed by atoms with van der Waals surface area (Å²) < 4.78 is 0. The molecule has 0 aliphatic rings. The minimum absolute atomic E-state index is 0.343. The third-order valence-electron chi connectivity index (χ3n) is 2.95. The molecule has 5 heteroatoms. The van der Waals surface area contributed by atoms with Crippen LogP contribution in [-0.4, -0.2) is 15.0 Å². The van der Waals surface area contributed by atoms with Crippen molar-refractivity contribution in [2.75, 3.05) is 0 Å². The molecule has 5 nitrogen and oxygen atoms in total. The average Bonchev–Trinajstić information content (AvgIpc) is 2.76. The van der Waals surface area contributed by atoms with Crippen LogP contribution in [0.25, 0.3) is 10.9 Å². The minimum atomic E-state index is -0.484. The summed E-state index contributed by atoms with van der Waals surface area (Å²) in [6, 6.07) is 7.89. The zero-order chi connectivity index (χ0) is 12.5. The summed E-state index contributed by atoms with van der Waals surface area (Å²) in [5.41, 5.74) is 1.78. The number of rotatable bonds is 2. The molecular formula is C13H11N3O2. The van der Waals surface area contributed by atoms with E-state index in [9.17, 15) is 9.59 Å². The Morgan fingerprint density at radius 2 is 1.72 bits per heavy atom. The van der Waals surface area contributed by atoms with Crippen LogP contribution in [0, 0.1) is 0 Å². The molecule has 0 saturated carbocycles. The van der Waals surface area contributed by atoms with Crippen molar-refractivity contribution < 1.29 is 0 Å². The molecule has 0 spiro atoms. The van der Waals surface area contributed by atoms with Crippen LogP contribution in [0.2, 0.25) is 0 Å². The molecule has 0 radical (unpaired) electrons. The van der Waals surface area contributed by atoms with Crippen LogP contribution >= 0.6 is 0 Å². The lowest BCUT2D eigenvalue weighted by atomic mass is 10.1. The van der Waals surface area contributed by atoms with Gasteiger partial charge in [0.25, 0.3) is 5.56 Å². The van der Waals surface area contributed by atoms with Gasteiger partial charge in [-0.05, 0) is 11.6 Å². The van der Waals surface area contributed by atoms with Crippen LogP contribution in [0.5, 0.6) is 0 Å². The lowest BCUT2D eigenvalue weighted by molar-refractivity contribution is 0.977. The Labute approximate surface area is 102 Å². The molecule has 0 unspecified atom stereocenters. The normalized spacial score (nSPS) is 10.9. The molecule has 3 aromatic rings. The average molecular weight is 241 g/mol. The number of hydrogen-bond acceptors (Lipinski definition) is 2. The number of benzene rings is 1. The fourth-order valence-electron chi connectivity index (χ4n) is 2.05.